The Hall–Kier alpha value is -3.79. The van der Waals surface area contributed by atoms with Gasteiger partial charge in [0.15, 0.2) is 16.9 Å². The van der Waals surface area contributed by atoms with Crippen LogP contribution < -0.4 is 10.7 Å². The van der Waals surface area contributed by atoms with E-state index in [1.807, 2.05) is 0 Å². The van der Waals surface area contributed by atoms with E-state index in [-0.39, 0.29) is 43.8 Å². The third-order valence-corrected chi connectivity index (χ3v) is 7.84. The van der Waals surface area contributed by atoms with Crippen LogP contribution in [0.15, 0.2) is 38.0 Å². The van der Waals surface area contributed by atoms with E-state index < -0.39 is 17.8 Å². The van der Waals surface area contributed by atoms with Crippen LogP contribution in [-0.4, -0.2) is 26.2 Å². The molecule has 4 aromatic rings. The van der Waals surface area contributed by atoms with Crippen molar-refractivity contribution in [2.75, 3.05) is 5.32 Å². The zero-order chi connectivity index (χ0) is 26.3. The Kier molecular flexibility index (Phi) is 5.01. The van der Waals surface area contributed by atoms with E-state index in [0.29, 0.717) is 28.6 Å². The lowest BCUT2D eigenvalue weighted by Crippen LogP contribution is -2.68. The summed E-state index contributed by atoms with van der Waals surface area (Å²) in [5.41, 5.74) is 0.254. The van der Waals surface area contributed by atoms with E-state index in [1.165, 1.54) is 24.3 Å². The Bertz CT molecular complexity index is 1660. The largest absolute Gasteiger partial charge is 0.476 e. The van der Waals surface area contributed by atoms with Gasteiger partial charge in [-0.25, -0.2) is 14.2 Å². The van der Waals surface area contributed by atoms with Crippen LogP contribution in [0.4, 0.5) is 10.1 Å². The molecule has 3 fully saturated rings. The number of benzene rings is 1. The average Bonchev–Trinajstić information content (AvgIpc) is 3.22. The molecule has 3 heterocycles. The van der Waals surface area contributed by atoms with Crippen LogP contribution in [0.1, 0.15) is 71.3 Å². The normalized spacial score (nSPS) is 22.8. The fourth-order valence-electron chi connectivity index (χ4n) is 6.02. The topological polar surface area (TPSA) is 131 Å². The molecule has 190 valence electrons. The molecule has 0 amide bonds. The summed E-state index contributed by atoms with van der Waals surface area (Å²) >= 11 is 5.86. The minimum atomic E-state index is -1.26. The number of anilines is 1. The van der Waals surface area contributed by atoms with Crippen LogP contribution in [0.25, 0.3) is 11.0 Å². The molecule has 7 rings (SSSR count). The maximum absolute atomic E-state index is 14.7. The lowest BCUT2D eigenvalue weighted by molar-refractivity contribution is -0.0901. The van der Waals surface area contributed by atoms with Crippen molar-refractivity contribution in [1.29, 1.82) is 0 Å². The molecule has 37 heavy (non-hydrogen) atoms. The van der Waals surface area contributed by atoms with Crippen molar-refractivity contribution in [2.24, 2.45) is 0 Å². The van der Waals surface area contributed by atoms with Crippen LogP contribution in [0.3, 0.4) is 0 Å². The van der Waals surface area contributed by atoms with Crippen molar-refractivity contribution in [3.63, 3.8) is 0 Å². The van der Waals surface area contributed by atoms with Crippen LogP contribution in [0, 0.1) is 19.7 Å². The summed E-state index contributed by atoms with van der Waals surface area (Å²) in [5, 5.41) is 16.8. The Morgan fingerprint density at radius 1 is 1.19 bits per heavy atom. The molecule has 3 aliphatic carbocycles. The van der Waals surface area contributed by atoms with E-state index in [2.05, 4.69) is 20.4 Å². The molecule has 2 N–H and O–H groups in total. The van der Waals surface area contributed by atoms with Gasteiger partial charge in [-0.15, -0.1) is 0 Å². The summed E-state index contributed by atoms with van der Waals surface area (Å²) in [7, 11) is 0. The highest BCUT2D eigenvalue weighted by Gasteiger charge is 2.72. The highest BCUT2D eigenvalue weighted by Crippen LogP contribution is 2.73. The first kappa shape index (κ1) is 23.6. The molecule has 3 aromatic heterocycles. The first-order chi connectivity index (χ1) is 17.5. The van der Waals surface area contributed by atoms with Gasteiger partial charge in [0.2, 0.25) is 5.89 Å². The summed E-state index contributed by atoms with van der Waals surface area (Å²) in [6.45, 7) is 5.18. The minimum Gasteiger partial charge on any atom is -0.476 e. The Morgan fingerprint density at radius 2 is 1.92 bits per heavy atom. The number of nitrogens with one attached hydrogen (secondary N) is 1. The zero-order valence-corrected chi connectivity index (χ0v) is 20.9. The number of carbonyl (C=O) groups is 1. The molecule has 0 radical (unpaired) electrons. The smallest absolute Gasteiger partial charge is 0.356 e. The monoisotopic (exact) mass is 524 g/mol. The van der Waals surface area contributed by atoms with Gasteiger partial charge in [-0.05, 0) is 57.4 Å². The number of aromatic carboxylic acids is 1. The molecule has 0 unspecified atom stereocenters. The third-order valence-electron chi connectivity index (χ3n) is 7.63. The van der Waals surface area contributed by atoms with Crippen molar-refractivity contribution in [1.82, 2.24) is 15.1 Å². The third kappa shape index (κ3) is 3.46. The van der Waals surface area contributed by atoms with Crippen LogP contribution in [0.2, 0.25) is 5.15 Å². The summed E-state index contributed by atoms with van der Waals surface area (Å²) in [6.07, 6.45) is 2.20. The van der Waals surface area contributed by atoms with E-state index in [1.54, 1.807) is 20.8 Å². The van der Waals surface area contributed by atoms with Gasteiger partial charge in [0.1, 0.15) is 22.3 Å². The molecule has 3 saturated carbocycles. The highest BCUT2D eigenvalue weighted by molar-refractivity contribution is 6.29. The minimum absolute atomic E-state index is 0.0326. The molecule has 9 nitrogen and oxygen atoms in total. The Morgan fingerprint density at radius 3 is 2.57 bits per heavy atom. The van der Waals surface area contributed by atoms with Crippen molar-refractivity contribution < 1.29 is 23.2 Å². The molecule has 11 heteroatoms. The number of pyridine rings is 1. The van der Waals surface area contributed by atoms with Crippen LogP contribution in [0.5, 0.6) is 0 Å². The zero-order valence-electron chi connectivity index (χ0n) is 20.2. The number of nitrogens with zero attached hydrogens (tertiary/aromatic N) is 3. The van der Waals surface area contributed by atoms with Gasteiger partial charge in [0.05, 0.1) is 17.1 Å². The van der Waals surface area contributed by atoms with Crippen molar-refractivity contribution in [3.8, 4) is 0 Å². The van der Waals surface area contributed by atoms with Gasteiger partial charge in [-0.2, -0.15) is 4.98 Å². The molecular formula is C26H22ClFN4O5. The number of hydrogen-bond donors (Lipinski definition) is 2. The van der Waals surface area contributed by atoms with Gasteiger partial charge in [-0.3, -0.25) is 4.79 Å². The second-order valence-electron chi connectivity index (χ2n) is 10.2. The average molecular weight is 525 g/mol. The quantitative estimate of drug-likeness (QED) is 0.325. The second kappa shape index (κ2) is 7.85. The van der Waals surface area contributed by atoms with Crippen LogP contribution in [-0.2, 0) is 10.8 Å². The number of aryl methyl sites for hydroxylation is 1. The summed E-state index contributed by atoms with van der Waals surface area (Å²) < 4.78 is 26.3. The van der Waals surface area contributed by atoms with Gasteiger partial charge in [0.25, 0.3) is 0 Å². The Labute approximate surface area is 214 Å². The van der Waals surface area contributed by atoms with E-state index in [0.717, 1.165) is 19.3 Å². The summed E-state index contributed by atoms with van der Waals surface area (Å²) in [5.74, 6) is -0.0804. The van der Waals surface area contributed by atoms with E-state index in [4.69, 9.17) is 20.5 Å². The number of hydrogen-bond acceptors (Lipinski definition) is 8. The fraction of sp³-hybridized carbons (Fsp3) is 0.346. The standard InChI is InChI=1S/C26H22ClFN4O5/c1-11-20(33)16-7-14(28)6-15(12(2)29-17-4-5-18(27)31-19(17)23(34)35)21(16)36-22(11)25-8-26(9-25,10-25)24-30-13(3)37-32-24/h4-7,12,29H,8-10H2,1-3H3,(H,34,35)/t12-,25?,26?/m1/s1. The highest BCUT2D eigenvalue weighted by atomic mass is 35.5. The number of aromatic nitrogens is 3. The van der Waals surface area contributed by atoms with Gasteiger partial charge < -0.3 is 19.4 Å². The Balaban J connectivity index is 1.40. The maximum Gasteiger partial charge on any atom is 0.356 e. The molecule has 1 aromatic carbocycles. The molecular weight excluding hydrogens is 503 g/mol. The predicted molar refractivity (Wildman–Crippen MR) is 132 cm³/mol. The van der Waals surface area contributed by atoms with Crippen molar-refractivity contribution in [3.05, 3.63) is 79.8 Å². The predicted octanol–water partition coefficient (Wildman–Crippen LogP) is 5.22. The van der Waals surface area contributed by atoms with E-state index in [9.17, 15) is 19.1 Å². The molecule has 2 bridgehead atoms. The molecule has 3 aliphatic rings. The molecule has 0 aliphatic heterocycles. The fourth-order valence-corrected chi connectivity index (χ4v) is 6.16. The summed E-state index contributed by atoms with van der Waals surface area (Å²) in [4.78, 5) is 33.3. The van der Waals surface area contributed by atoms with Gasteiger partial charge in [0, 0.05) is 28.9 Å². The van der Waals surface area contributed by atoms with Crippen molar-refractivity contribution >= 4 is 34.2 Å². The molecule has 0 saturated heterocycles. The molecule has 0 spiro atoms. The van der Waals surface area contributed by atoms with Crippen LogP contribution >= 0.6 is 11.6 Å². The SMILES string of the molecule is Cc1nc(C23CC(c4oc5c([C@@H](C)Nc6ccc(Cl)nc6C(=O)O)cc(F)cc5c(=O)c4C)(C2)C3)no1. The lowest BCUT2D eigenvalue weighted by atomic mass is 9.34. The van der Waals surface area contributed by atoms with Gasteiger partial charge in [-0.1, -0.05) is 16.8 Å². The number of halogens is 2. The van der Waals surface area contributed by atoms with Gasteiger partial charge >= 0.3 is 5.97 Å². The number of carboxylic acid groups (broad SMARTS) is 1. The van der Waals surface area contributed by atoms with E-state index >= 15 is 0 Å². The summed E-state index contributed by atoms with van der Waals surface area (Å²) in [6, 6.07) is 4.78. The maximum atomic E-state index is 14.7. The number of carboxylic acids is 1. The number of rotatable bonds is 6. The first-order valence-electron chi connectivity index (χ1n) is 11.8. The number of fused-ring (bicyclic) bond motifs is 1. The first-order valence-corrected chi connectivity index (χ1v) is 12.1. The second-order valence-corrected chi connectivity index (χ2v) is 10.6. The lowest BCUT2D eigenvalue weighted by Gasteiger charge is -2.68. The molecule has 1 atom stereocenters. The van der Waals surface area contributed by atoms with Crippen molar-refractivity contribution in [2.45, 2.75) is 56.9 Å².